The standard InChI is InChI=1S/C44H56O4/c1-36(45)25-16-11-9-7-5-3-2-4-6-8-10-12-19-28-38-33-24-34-41(47-35-37-26-17-13-18-27-37)42(38)44(46)48-43(39-29-20-14-21-30-39)40-31-22-15-23-32-40/h13-15,17-18,20-24,26-27,29-34,36,43,45H,2-12,16,19,25,28,35H2,1H3/t36-/m1/s1. The molecule has 0 unspecified atom stereocenters. The molecule has 0 radical (unpaired) electrons. The van der Waals surface area contributed by atoms with Crippen LogP contribution in [0.1, 0.15) is 136 Å². The number of carbonyl (C=O) groups is 1. The fourth-order valence-corrected chi connectivity index (χ4v) is 6.32. The van der Waals surface area contributed by atoms with Crippen molar-refractivity contribution >= 4 is 5.97 Å². The normalized spacial score (nSPS) is 11.8. The zero-order valence-electron chi connectivity index (χ0n) is 29.0. The maximum atomic E-state index is 14.1. The van der Waals surface area contributed by atoms with E-state index in [2.05, 4.69) is 6.07 Å². The molecule has 4 rings (SSSR count). The number of hydrogen-bond donors (Lipinski definition) is 1. The summed E-state index contributed by atoms with van der Waals surface area (Å²) in [6.45, 7) is 2.27. The number of aryl methyl sites for hydroxylation is 1. The van der Waals surface area contributed by atoms with E-state index in [1.165, 1.54) is 64.2 Å². The third-order valence-electron chi connectivity index (χ3n) is 9.05. The molecule has 0 aromatic heterocycles. The Kier molecular flexibility index (Phi) is 16.8. The van der Waals surface area contributed by atoms with Gasteiger partial charge in [-0.3, -0.25) is 0 Å². The van der Waals surface area contributed by atoms with E-state index in [0.717, 1.165) is 54.4 Å². The van der Waals surface area contributed by atoms with E-state index in [4.69, 9.17) is 9.47 Å². The van der Waals surface area contributed by atoms with Gasteiger partial charge in [0.1, 0.15) is 17.9 Å². The Morgan fingerprint density at radius 2 is 1.06 bits per heavy atom. The Morgan fingerprint density at radius 1 is 0.583 bits per heavy atom. The maximum absolute atomic E-state index is 14.1. The summed E-state index contributed by atoms with van der Waals surface area (Å²) in [7, 11) is 0. The lowest BCUT2D eigenvalue weighted by molar-refractivity contribution is 0.0371. The minimum absolute atomic E-state index is 0.152. The van der Waals surface area contributed by atoms with Crippen molar-refractivity contribution in [2.45, 2.75) is 122 Å². The quantitative estimate of drug-likeness (QED) is 0.0642. The molecule has 0 aliphatic rings. The zero-order valence-corrected chi connectivity index (χ0v) is 29.0. The summed E-state index contributed by atoms with van der Waals surface area (Å²) in [6.07, 6.45) is 17.4. The van der Waals surface area contributed by atoms with Gasteiger partial charge in [0.25, 0.3) is 0 Å². The minimum atomic E-state index is -0.518. The molecule has 1 N–H and O–H groups in total. The van der Waals surface area contributed by atoms with Gasteiger partial charge in [0, 0.05) is 0 Å². The van der Waals surface area contributed by atoms with Crippen molar-refractivity contribution in [2.75, 3.05) is 0 Å². The van der Waals surface area contributed by atoms with Crippen LogP contribution in [0.4, 0.5) is 0 Å². The molecule has 0 amide bonds. The van der Waals surface area contributed by atoms with E-state index in [0.29, 0.717) is 17.9 Å². The second-order valence-corrected chi connectivity index (χ2v) is 13.2. The molecule has 4 heteroatoms. The zero-order chi connectivity index (χ0) is 33.7. The van der Waals surface area contributed by atoms with Crippen LogP contribution in [0.3, 0.4) is 0 Å². The third-order valence-corrected chi connectivity index (χ3v) is 9.05. The Balaban J connectivity index is 1.30. The number of rotatable bonds is 23. The average molecular weight is 649 g/mol. The molecule has 0 heterocycles. The van der Waals surface area contributed by atoms with Crippen LogP contribution in [0, 0.1) is 0 Å². The van der Waals surface area contributed by atoms with Gasteiger partial charge in [-0.25, -0.2) is 4.79 Å². The second kappa shape index (κ2) is 21.9. The summed E-state index contributed by atoms with van der Waals surface area (Å²) in [5.74, 6) is 0.215. The number of ether oxygens (including phenoxy) is 2. The molecule has 0 spiro atoms. The van der Waals surface area contributed by atoms with Crippen LogP contribution in [0.2, 0.25) is 0 Å². The van der Waals surface area contributed by atoms with Crippen LogP contribution < -0.4 is 4.74 Å². The van der Waals surface area contributed by atoms with Crippen molar-refractivity contribution in [3.05, 3.63) is 137 Å². The van der Waals surface area contributed by atoms with Crippen molar-refractivity contribution in [1.82, 2.24) is 0 Å². The van der Waals surface area contributed by atoms with Gasteiger partial charge in [-0.1, -0.05) is 180 Å². The summed E-state index contributed by atoms with van der Waals surface area (Å²) < 4.78 is 12.6. The average Bonchev–Trinajstić information content (AvgIpc) is 3.12. The van der Waals surface area contributed by atoms with Crippen LogP contribution in [-0.2, 0) is 17.8 Å². The smallest absolute Gasteiger partial charge is 0.343 e. The molecular formula is C44H56O4. The molecular weight excluding hydrogens is 592 g/mol. The number of hydrogen-bond acceptors (Lipinski definition) is 4. The highest BCUT2D eigenvalue weighted by Crippen LogP contribution is 2.32. The van der Waals surface area contributed by atoms with Crippen molar-refractivity contribution in [1.29, 1.82) is 0 Å². The maximum Gasteiger partial charge on any atom is 0.343 e. The molecule has 256 valence electrons. The minimum Gasteiger partial charge on any atom is -0.488 e. The van der Waals surface area contributed by atoms with E-state index < -0.39 is 6.10 Å². The molecule has 0 aliphatic heterocycles. The number of benzene rings is 4. The van der Waals surface area contributed by atoms with Gasteiger partial charge >= 0.3 is 5.97 Å². The number of aliphatic hydroxyl groups excluding tert-OH is 1. The van der Waals surface area contributed by atoms with Crippen LogP contribution >= 0.6 is 0 Å². The SMILES string of the molecule is C[C@@H](O)CCCCCCCCCCCCCCCc1cccc(OCc2ccccc2)c1C(=O)OC(c1ccccc1)c1ccccc1. The van der Waals surface area contributed by atoms with Crippen LogP contribution in [-0.4, -0.2) is 17.2 Å². The highest BCUT2D eigenvalue weighted by molar-refractivity contribution is 5.94. The molecule has 0 saturated heterocycles. The lowest BCUT2D eigenvalue weighted by Gasteiger charge is -2.21. The van der Waals surface area contributed by atoms with Gasteiger partial charge in [-0.2, -0.15) is 0 Å². The number of esters is 1. The second-order valence-electron chi connectivity index (χ2n) is 13.2. The Morgan fingerprint density at radius 3 is 1.58 bits per heavy atom. The topological polar surface area (TPSA) is 55.8 Å². The van der Waals surface area contributed by atoms with Crippen molar-refractivity contribution in [3.8, 4) is 5.75 Å². The first-order valence-corrected chi connectivity index (χ1v) is 18.4. The summed E-state index contributed by atoms with van der Waals surface area (Å²) in [6, 6.07) is 35.9. The molecule has 48 heavy (non-hydrogen) atoms. The molecule has 1 atom stereocenters. The van der Waals surface area contributed by atoms with Crippen molar-refractivity contribution < 1.29 is 19.4 Å². The lowest BCUT2D eigenvalue weighted by Crippen LogP contribution is -2.16. The molecule has 0 saturated carbocycles. The highest BCUT2D eigenvalue weighted by Gasteiger charge is 2.25. The molecule has 0 bridgehead atoms. The number of unbranched alkanes of at least 4 members (excludes halogenated alkanes) is 12. The lowest BCUT2D eigenvalue weighted by atomic mass is 9.98. The Hall–Kier alpha value is -3.89. The Labute approximate surface area is 289 Å². The summed E-state index contributed by atoms with van der Waals surface area (Å²) in [4.78, 5) is 14.1. The van der Waals surface area contributed by atoms with Gasteiger partial charge in [0.15, 0.2) is 6.10 Å². The fourth-order valence-electron chi connectivity index (χ4n) is 6.32. The third kappa shape index (κ3) is 13.3. The predicted octanol–water partition coefficient (Wildman–Crippen LogP) is 11.6. The van der Waals surface area contributed by atoms with Crippen LogP contribution in [0.25, 0.3) is 0 Å². The van der Waals surface area contributed by atoms with E-state index >= 15 is 0 Å². The van der Waals surface area contributed by atoms with Gasteiger partial charge in [0.2, 0.25) is 0 Å². The number of aliphatic hydroxyl groups is 1. The molecule has 4 aromatic carbocycles. The van der Waals surface area contributed by atoms with Crippen molar-refractivity contribution in [3.63, 3.8) is 0 Å². The van der Waals surface area contributed by atoms with Crippen molar-refractivity contribution in [2.24, 2.45) is 0 Å². The highest BCUT2D eigenvalue weighted by atomic mass is 16.5. The fraction of sp³-hybridized carbons (Fsp3) is 0.432. The predicted molar refractivity (Wildman–Crippen MR) is 197 cm³/mol. The van der Waals surface area contributed by atoms with Gasteiger partial charge < -0.3 is 14.6 Å². The first-order chi connectivity index (χ1) is 23.6. The molecule has 0 fully saturated rings. The summed E-state index contributed by atoms with van der Waals surface area (Å²) in [5.41, 5.74) is 4.44. The van der Waals surface area contributed by atoms with E-state index in [-0.39, 0.29) is 12.1 Å². The summed E-state index contributed by atoms with van der Waals surface area (Å²) in [5, 5.41) is 9.36. The largest absolute Gasteiger partial charge is 0.488 e. The van der Waals surface area contributed by atoms with Crippen LogP contribution in [0.15, 0.2) is 109 Å². The van der Waals surface area contributed by atoms with Gasteiger partial charge in [0.05, 0.1) is 6.10 Å². The first kappa shape index (κ1) is 36.9. The monoisotopic (exact) mass is 648 g/mol. The van der Waals surface area contributed by atoms with E-state index in [9.17, 15) is 9.90 Å². The number of carbonyl (C=O) groups excluding carboxylic acids is 1. The molecule has 0 aliphatic carbocycles. The van der Waals surface area contributed by atoms with Gasteiger partial charge in [-0.05, 0) is 54.5 Å². The first-order valence-electron chi connectivity index (χ1n) is 18.4. The summed E-state index contributed by atoms with van der Waals surface area (Å²) >= 11 is 0. The van der Waals surface area contributed by atoms with Crippen LogP contribution in [0.5, 0.6) is 5.75 Å². The van der Waals surface area contributed by atoms with Gasteiger partial charge in [-0.15, -0.1) is 0 Å². The van der Waals surface area contributed by atoms with E-state index in [1.807, 2.05) is 110 Å². The Bertz CT molecular complexity index is 1380. The molecule has 4 aromatic rings. The molecule has 4 nitrogen and oxygen atoms in total. The van der Waals surface area contributed by atoms with E-state index in [1.54, 1.807) is 0 Å².